The smallest absolute Gasteiger partial charge is 0.164 e. The van der Waals surface area contributed by atoms with Crippen LogP contribution in [0.3, 0.4) is 0 Å². The van der Waals surface area contributed by atoms with E-state index in [-0.39, 0.29) is 26.8 Å². The van der Waals surface area contributed by atoms with Crippen molar-refractivity contribution in [3.63, 3.8) is 0 Å². The molecule has 0 bridgehead atoms. The van der Waals surface area contributed by atoms with Crippen molar-refractivity contribution in [2.75, 3.05) is 0 Å². The number of pyridine rings is 2. The molecule has 1 aliphatic rings. The monoisotopic (exact) mass is 889 g/mol. The minimum atomic E-state index is 0. The summed E-state index contributed by atoms with van der Waals surface area (Å²) in [5, 5.41) is 11.0. The van der Waals surface area contributed by atoms with Crippen molar-refractivity contribution < 1.29 is 26.2 Å². The number of phenolic OH excluding ortho intramolecular Hbond substituents is 1. The van der Waals surface area contributed by atoms with Gasteiger partial charge in [-0.1, -0.05) is 133 Å². The second-order valence-electron chi connectivity index (χ2n) is 13.7. The maximum Gasteiger partial charge on any atom is 0.164 e. The first-order valence-corrected chi connectivity index (χ1v) is 18.3. The molecule has 1 N–H and O–H groups in total. The number of benzene rings is 6. The topological polar surface area (TPSA) is 63.8 Å². The molecule has 266 valence electrons. The molecule has 5 nitrogen and oxygen atoms in total. The number of aryl methyl sites for hydroxylation is 2. The quantitative estimate of drug-likeness (QED) is 0.181. The Kier molecular flexibility index (Phi) is 9.01. The van der Waals surface area contributed by atoms with Gasteiger partial charge in [0, 0.05) is 43.4 Å². The van der Waals surface area contributed by atoms with Crippen LogP contribution in [0, 0.1) is 0 Å². The summed E-state index contributed by atoms with van der Waals surface area (Å²) >= 11 is 0. The van der Waals surface area contributed by atoms with Crippen molar-refractivity contribution in [1.82, 2.24) is 19.5 Å². The largest absolute Gasteiger partial charge is 0.507 e. The van der Waals surface area contributed by atoms with E-state index in [1.807, 2.05) is 24.3 Å². The van der Waals surface area contributed by atoms with Crippen LogP contribution in [0.1, 0.15) is 11.1 Å². The van der Waals surface area contributed by atoms with E-state index < -0.39 is 0 Å². The normalized spacial score (nSPS) is 11.8. The van der Waals surface area contributed by atoms with E-state index >= 15 is 0 Å². The third-order valence-electron chi connectivity index (χ3n) is 10.5. The molecule has 55 heavy (non-hydrogen) atoms. The average Bonchev–Trinajstić information content (AvgIpc) is 3.64. The minimum Gasteiger partial charge on any atom is -0.507 e. The number of nitrogens with zero attached hydrogens (tertiary/aromatic N) is 4. The second kappa shape index (κ2) is 14.4. The first-order valence-electron chi connectivity index (χ1n) is 18.3. The molecule has 6 heteroatoms. The third-order valence-corrected chi connectivity index (χ3v) is 10.5. The predicted octanol–water partition coefficient (Wildman–Crippen LogP) is 11.6. The van der Waals surface area contributed by atoms with E-state index in [2.05, 4.69) is 150 Å². The molecule has 3 heterocycles. The summed E-state index contributed by atoms with van der Waals surface area (Å²) in [5.41, 5.74) is 15.7. The van der Waals surface area contributed by atoms with Gasteiger partial charge in [-0.05, 0) is 88.7 Å². The maximum absolute atomic E-state index is 11.0. The molecule has 0 fully saturated rings. The van der Waals surface area contributed by atoms with E-state index in [1.54, 1.807) is 6.07 Å². The summed E-state index contributed by atoms with van der Waals surface area (Å²) in [5.74, 6) is 0.984. The molecule has 3 aromatic heterocycles. The number of imidazole rings is 1. The Labute approximate surface area is 333 Å². The number of para-hydroxylation sites is 2. The Morgan fingerprint density at radius 2 is 1.04 bits per heavy atom. The molecule has 6 aromatic carbocycles. The molecule has 0 atom stereocenters. The standard InChI is InChI=1S/C49H34N4O.Pt/c54-44-27-10-18-34-28-29-35-30-31-42(51-47(35)45(34)44)49-52-48-39(23-12-26-43(48)53(49)36-19-8-3-9-20-36)40-24-13-25-41(50-40)46-37(32-14-4-1-5-15-32)21-11-22-38(46)33-16-6-2-7-17-33;/h1-27,30-31,54H,28-29H2;. The van der Waals surface area contributed by atoms with Gasteiger partial charge in [-0.15, -0.1) is 0 Å². The molecule has 1 aliphatic carbocycles. The molecular weight excluding hydrogens is 856 g/mol. The average molecular weight is 890 g/mol. The van der Waals surface area contributed by atoms with Gasteiger partial charge < -0.3 is 5.11 Å². The number of aromatic nitrogens is 4. The van der Waals surface area contributed by atoms with Crippen LogP contribution in [0.5, 0.6) is 5.75 Å². The summed E-state index contributed by atoms with van der Waals surface area (Å²) < 4.78 is 2.18. The van der Waals surface area contributed by atoms with E-state index in [9.17, 15) is 5.11 Å². The minimum absolute atomic E-state index is 0. The summed E-state index contributed by atoms with van der Waals surface area (Å²) in [7, 11) is 0. The first kappa shape index (κ1) is 34.4. The van der Waals surface area contributed by atoms with Crippen LogP contribution in [0.2, 0.25) is 0 Å². The van der Waals surface area contributed by atoms with Crippen molar-refractivity contribution in [3.05, 3.63) is 187 Å². The Bertz CT molecular complexity index is 2780. The van der Waals surface area contributed by atoms with Crippen molar-refractivity contribution in [2.45, 2.75) is 12.8 Å². The number of fused-ring (bicyclic) bond motifs is 4. The molecule has 9 aromatic rings. The zero-order valence-corrected chi connectivity index (χ0v) is 32.0. The van der Waals surface area contributed by atoms with Crippen LogP contribution in [0.25, 0.3) is 84.3 Å². The SMILES string of the molecule is Oc1cccc2c1-c1nc(-c3nc4c(-c5cccc(-c6c(-c7ccccc7)cccc6-c6ccccc6)n5)cccc4n3-c3ccccc3)ccc1CC2.[Pt]. The summed E-state index contributed by atoms with van der Waals surface area (Å²) in [6.45, 7) is 0. The summed E-state index contributed by atoms with van der Waals surface area (Å²) in [4.78, 5) is 16.1. The van der Waals surface area contributed by atoms with Gasteiger partial charge in [0.1, 0.15) is 11.4 Å². The van der Waals surface area contributed by atoms with Gasteiger partial charge >= 0.3 is 0 Å². The molecule has 0 spiro atoms. The van der Waals surface area contributed by atoms with Crippen LogP contribution in [-0.4, -0.2) is 24.6 Å². The number of rotatable bonds is 6. The number of hydrogen-bond donors (Lipinski definition) is 1. The number of hydrogen-bond acceptors (Lipinski definition) is 4. The molecule has 0 saturated heterocycles. The van der Waals surface area contributed by atoms with Crippen LogP contribution in [0.15, 0.2) is 176 Å². The maximum atomic E-state index is 11.0. The van der Waals surface area contributed by atoms with Crippen LogP contribution >= 0.6 is 0 Å². The van der Waals surface area contributed by atoms with Crippen molar-refractivity contribution in [1.29, 1.82) is 0 Å². The summed E-state index contributed by atoms with van der Waals surface area (Å²) in [6.07, 6.45) is 1.75. The van der Waals surface area contributed by atoms with Gasteiger partial charge in [0.2, 0.25) is 0 Å². The van der Waals surface area contributed by atoms with E-state index in [4.69, 9.17) is 15.0 Å². The number of aromatic hydroxyl groups is 1. The fourth-order valence-corrected chi connectivity index (χ4v) is 7.95. The van der Waals surface area contributed by atoms with Gasteiger partial charge in [-0.3, -0.25) is 4.57 Å². The van der Waals surface area contributed by atoms with Gasteiger partial charge in [0.05, 0.1) is 28.1 Å². The zero-order chi connectivity index (χ0) is 36.0. The molecule has 0 saturated carbocycles. The fourth-order valence-electron chi connectivity index (χ4n) is 7.95. The van der Waals surface area contributed by atoms with Crippen LogP contribution in [0.4, 0.5) is 0 Å². The molecule has 0 aliphatic heterocycles. The molecule has 10 rings (SSSR count). The molecule has 0 unspecified atom stereocenters. The molecule has 0 radical (unpaired) electrons. The zero-order valence-electron chi connectivity index (χ0n) is 29.7. The Hall–Kier alpha value is -6.42. The summed E-state index contributed by atoms with van der Waals surface area (Å²) in [6, 6.07) is 60.4. The third kappa shape index (κ3) is 6.07. The molecule has 0 amide bonds. The predicted molar refractivity (Wildman–Crippen MR) is 218 cm³/mol. The Morgan fingerprint density at radius 3 is 1.76 bits per heavy atom. The van der Waals surface area contributed by atoms with Gasteiger partial charge in [-0.25, -0.2) is 15.0 Å². The fraction of sp³-hybridized carbons (Fsp3) is 0.0408. The van der Waals surface area contributed by atoms with E-state index in [1.165, 1.54) is 0 Å². The Balaban J connectivity index is 0.00000397. The van der Waals surface area contributed by atoms with E-state index in [0.29, 0.717) is 0 Å². The van der Waals surface area contributed by atoms with Gasteiger partial charge in [0.15, 0.2) is 5.82 Å². The number of phenols is 1. The van der Waals surface area contributed by atoms with Gasteiger partial charge in [0.25, 0.3) is 0 Å². The second-order valence-corrected chi connectivity index (χ2v) is 13.7. The van der Waals surface area contributed by atoms with E-state index in [0.717, 1.165) is 108 Å². The van der Waals surface area contributed by atoms with Crippen molar-refractivity contribution >= 4 is 11.0 Å². The Morgan fingerprint density at radius 1 is 0.436 bits per heavy atom. The van der Waals surface area contributed by atoms with Crippen LogP contribution in [-0.2, 0) is 33.9 Å². The van der Waals surface area contributed by atoms with Crippen LogP contribution < -0.4 is 0 Å². The van der Waals surface area contributed by atoms with Crippen molar-refractivity contribution in [2.24, 2.45) is 0 Å². The first-order chi connectivity index (χ1) is 26.7. The van der Waals surface area contributed by atoms with Gasteiger partial charge in [-0.2, -0.15) is 0 Å². The van der Waals surface area contributed by atoms with Crippen molar-refractivity contribution in [3.8, 4) is 79.0 Å². The molecular formula is C49H34N4OPt.